The van der Waals surface area contributed by atoms with Crippen LogP contribution in [0.1, 0.15) is 5.69 Å². The number of rotatable bonds is 5. The number of pyridine rings is 1. The quantitative estimate of drug-likeness (QED) is 0.621. The van der Waals surface area contributed by atoms with E-state index in [0.29, 0.717) is 12.4 Å². The van der Waals surface area contributed by atoms with Crippen molar-refractivity contribution in [3.05, 3.63) is 24.2 Å². The third-order valence-electron chi connectivity index (χ3n) is 2.89. The summed E-state index contributed by atoms with van der Waals surface area (Å²) in [6.07, 6.45) is 3.30. The van der Waals surface area contributed by atoms with Crippen molar-refractivity contribution in [3.8, 4) is 6.07 Å². The summed E-state index contributed by atoms with van der Waals surface area (Å²) in [6, 6.07) is 5.06. The van der Waals surface area contributed by atoms with Crippen molar-refractivity contribution < 1.29 is 4.74 Å². The molecule has 0 N–H and O–H groups in total. The van der Waals surface area contributed by atoms with Crippen LogP contribution in [0.3, 0.4) is 0 Å². The molecule has 0 radical (unpaired) electrons. The fraction of sp³-hybridized carbons (Fsp3) is 0.462. The summed E-state index contributed by atoms with van der Waals surface area (Å²) < 4.78 is 7.43. The summed E-state index contributed by atoms with van der Waals surface area (Å²) in [5.74, 6) is 0. The first-order chi connectivity index (χ1) is 9.01. The molecule has 2 aromatic rings. The molecule has 0 unspecified atom stereocenters. The molecule has 0 aliphatic carbocycles. The molecular weight excluding hydrogens is 256 g/mol. The molecule has 0 saturated heterocycles. The van der Waals surface area contributed by atoms with Crippen LogP contribution in [-0.2, 0) is 11.5 Å². The van der Waals surface area contributed by atoms with Gasteiger partial charge in [-0.15, -0.1) is 0 Å². The number of nitrogens with zero attached hydrogens (tertiary/aromatic N) is 4. The van der Waals surface area contributed by atoms with Gasteiger partial charge >= 0.3 is 0 Å². The lowest BCUT2D eigenvalue weighted by molar-refractivity contribution is 0.0817. The molecule has 0 aliphatic heterocycles. The van der Waals surface area contributed by atoms with Gasteiger partial charge in [-0.25, -0.2) is 9.67 Å². The zero-order valence-electron chi connectivity index (χ0n) is 11.6. The zero-order chi connectivity index (χ0) is 13.9. The molecule has 0 atom stereocenters. The maximum absolute atomic E-state index is 8.97. The van der Waals surface area contributed by atoms with E-state index in [-0.39, 0.29) is 0 Å². The Balaban J connectivity index is 2.04. The lowest BCUT2D eigenvalue weighted by Gasteiger charge is -2.15. The molecule has 0 spiro atoms. The van der Waals surface area contributed by atoms with Gasteiger partial charge in [0.05, 0.1) is 17.1 Å². The van der Waals surface area contributed by atoms with Gasteiger partial charge in [0.1, 0.15) is 12.8 Å². The van der Waals surface area contributed by atoms with Gasteiger partial charge in [-0.1, -0.05) is 19.6 Å². The summed E-state index contributed by atoms with van der Waals surface area (Å²) in [6.45, 7) is 8.15. The smallest absolute Gasteiger partial charge is 0.151 e. The Morgan fingerprint density at radius 1 is 1.42 bits per heavy atom. The number of ether oxygens (including phenoxy) is 1. The van der Waals surface area contributed by atoms with Crippen molar-refractivity contribution in [1.29, 1.82) is 5.26 Å². The molecule has 0 aromatic carbocycles. The van der Waals surface area contributed by atoms with E-state index in [2.05, 4.69) is 35.8 Å². The largest absolute Gasteiger partial charge is 0.360 e. The van der Waals surface area contributed by atoms with E-state index < -0.39 is 8.07 Å². The van der Waals surface area contributed by atoms with Crippen molar-refractivity contribution in [3.63, 3.8) is 0 Å². The molecule has 2 aromatic heterocycles. The summed E-state index contributed by atoms with van der Waals surface area (Å²) in [5, 5.41) is 14.0. The number of aromatic nitrogens is 3. The third-order valence-corrected chi connectivity index (χ3v) is 4.59. The topological polar surface area (TPSA) is 63.7 Å². The highest BCUT2D eigenvalue weighted by atomic mass is 28.3. The minimum atomic E-state index is -1.06. The number of hydrogen-bond donors (Lipinski definition) is 0. The molecule has 0 amide bonds. The Kier molecular flexibility index (Phi) is 3.98. The molecule has 6 heteroatoms. The normalized spacial score (nSPS) is 11.7. The van der Waals surface area contributed by atoms with Crippen LogP contribution in [0.2, 0.25) is 25.7 Å². The van der Waals surface area contributed by atoms with Gasteiger partial charge in [-0.05, 0) is 12.1 Å². The molecule has 19 heavy (non-hydrogen) atoms. The van der Waals surface area contributed by atoms with Gasteiger partial charge in [0, 0.05) is 20.9 Å². The van der Waals surface area contributed by atoms with E-state index in [0.717, 1.165) is 23.6 Å². The maximum atomic E-state index is 8.97. The van der Waals surface area contributed by atoms with Crippen LogP contribution in [0, 0.1) is 11.3 Å². The van der Waals surface area contributed by atoms with E-state index in [4.69, 9.17) is 10.00 Å². The van der Waals surface area contributed by atoms with Crippen molar-refractivity contribution >= 4 is 19.0 Å². The van der Waals surface area contributed by atoms with Gasteiger partial charge in [0.15, 0.2) is 5.69 Å². The minimum absolute atomic E-state index is 0.408. The first-order valence-corrected chi connectivity index (χ1v) is 10.0. The van der Waals surface area contributed by atoms with Crippen LogP contribution < -0.4 is 0 Å². The second-order valence-corrected chi connectivity index (χ2v) is 11.3. The number of hydrogen-bond acceptors (Lipinski definition) is 4. The molecule has 0 bridgehead atoms. The van der Waals surface area contributed by atoms with E-state index in [1.54, 1.807) is 17.1 Å². The molecule has 0 fully saturated rings. The molecule has 0 saturated carbocycles. The zero-order valence-corrected chi connectivity index (χ0v) is 12.6. The lowest BCUT2D eigenvalue weighted by Crippen LogP contribution is -2.22. The predicted octanol–water partition coefficient (Wildman–Crippen LogP) is 2.62. The Morgan fingerprint density at radius 3 is 2.89 bits per heavy atom. The van der Waals surface area contributed by atoms with Crippen molar-refractivity contribution in [2.75, 3.05) is 6.61 Å². The Hall–Kier alpha value is -1.71. The van der Waals surface area contributed by atoms with Gasteiger partial charge < -0.3 is 4.74 Å². The van der Waals surface area contributed by atoms with Gasteiger partial charge in [0.25, 0.3) is 0 Å². The fourth-order valence-corrected chi connectivity index (χ4v) is 2.48. The molecule has 0 aliphatic rings. The highest BCUT2D eigenvalue weighted by Gasteiger charge is 2.12. The number of fused-ring (bicyclic) bond motifs is 1. The van der Waals surface area contributed by atoms with Gasteiger partial charge in [0.2, 0.25) is 0 Å². The standard InChI is InChI=1S/C13H18N4OSi/c1-19(2,3)7-6-18-10-17-13-4-5-15-12(8-14)11(13)9-16-17/h4-5,9H,6-7,10H2,1-3H3. The highest BCUT2D eigenvalue weighted by Crippen LogP contribution is 2.16. The van der Waals surface area contributed by atoms with Crippen LogP contribution in [-0.4, -0.2) is 29.4 Å². The molecule has 2 rings (SSSR count). The Bertz CT molecular complexity index is 609. The van der Waals surface area contributed by atoms with Gasteiger partial charge in [-0.3, -0.25) is 0 Å². The van der Waals surface area contributed by atoms with Gasteiger partial charge in [-0.2, -0.15) is 10.4 Å². The van der Waals surface area contributed by atoms with Crippen LogP contribution >= 0.6 is 0 Å². The third kappa shape index (κ3) is 3.40. The second kappa shape index (κ2) is 5.51. The summed E-state index contributed by atoms with van der Waals surface area (Å²) >= 11 is 0. The van der Waals surface area contributed by atoms with E-state index >= 15 is 0 Å². The average molecular weight is 274 g/mol. The first-order valence-electron chi connectivity index (χ1n) is 6.30. The van der Waals surface area contributed by atoms with Crippen LogP contribution in [0.15, 0.2) is 18.5 Å². The Labute approximate surface area is 113 Å². The minimum Gasteiger partial charge on any atom is -0.360 e. The fourth-order valence-electron chi connectivity index (χ4n) is 1.73. The van der Waals surface area contributed by atoms with E-state index in [1.165, 1.54) is 0 Å². The number of nitriles is 1. The first kappa shape index (κ1) is 13.7. The Morgan fingerprint density at radius 2 is 2.21 bits per heavy atom. The SMILES string of the molecule is C[Si](C)(C)CCOCn1ncc2c(C#N)nccc21. The monoisotopic (exact) mass is 274 g/mol. The lowest BCUT2D eigenvalue weighted by atomic mass is 10.2. The van der Waals surface area contributed by atoms with Crippen molar-refractivity contribution in [2.24, 2.45) is 0 Å². The molecule has 100 valence electrons. The van der Waals surface area contributed by atoms with Crippen LogP contribution in [0.5, 0.6) is 0 Å². The summed E-state index contributed by atoms with van der Waals surface area (Å²) in [5.41, 5.74) is 1.30. The van der Waals surface area contributed by atoms with Crippen molar-refractivity contribution in [1.82, 2.24) is 14.8 Å². The second-order valence-electron chi connectivity index (χ2n) is 5.70. The summed E-state index contributed by atoms with van der Waals surface area (Å²) in [7, 11) is -1.06. The van der Waals surface area contributed by atoms with Crippen LogP contribution in [0.4, 0.5) is 0 Å². The maximum Gasteiger partial charge on any atom is 0.151 e. The van der Waals surface area contributed by atoms with Crippen LogP contribution in [0.25, 0.3) is 10.9 Å². The molecular formula is C13H18N4OSi. The van der Waals surface area contributed by atoms with Crippen molar-refractivity contribution in [2.45, 2.75) is 32.4 Å². The summed E-state index contributed by atoms with van der Waals surface area (Å²) in [4.78, 5) is 4.02. The van der Waals surface area contributed by atoms with E-state index in [9.17, 15) is 0 Å². The average Bonchev–Trinajstić information content (AvgIpc) is 2.76. The van der Waals surface area contributed by atoms with E-state index in [1.807, 2.05) is 6.07 Å². The molecule has 5 nitrogen and oxygen atoms in total. The molecule has 2 heterocycles. The highest BCUT2D eigenvalue weighted by molar-refractivity contribution is 6.76. The predicted molar refractivity (Wildman–Crippen MR) is 76.3 cm³/mol.